The Labute approximate surface area is 316 Å². The number of nitrogens with one attached hydrogen (secondary N) is 1. The van der Waals surface area contributed by atoms with E-state index in [0.29, 0.717) is 19.4 Å². The summed E-state index contributed by atoms with van der Waals surface area (Å²) in [7, 11) is 0. The van der Waals surface area contributed by atoms with Crippen molar-refractivity contribution in [3.8, 4) is 0 Å². The van der Waals surface area contributed by atoms with Gasteiger partial charge >= 0.3 is 5.97 Å². The van der Waals surface area contributed by atoms with E-state index in [2.05, 4.69) is 31.3 Å². The molecule has 300 valence electrons. The first-order chi connectivity index (χ1) is 25.0. The second-order valence-corrected chi connectivity index (χ2v) is 15.0. The highest BCUT2D eigenvalue weighted by Crippen LogP contribution is 2.14. The minimum Gasteiger partial charge on any atom is -0.466 e. The zero-order valence-corrected chi connectivity index (χ0v) is 33.8. The first kappa shape index (κ1) is 49.3. The van der Waals surface area contributed by atoms with E-state index < -0.39 is 12.1 Å². The van der Waals surface area contributed by atoms with Crippen molar-refractivity contribution < 1.29 is 24.5 Å². The van der Waals surface area contributed by atoms with Crippen LogP contribution < -0.4 is 5.32 Å². The molecule has 0 saturated carbocycles. The lowest BCUT2D eigenvalue weighted by molar-refractivity contribution is -0.143. The van der Waals surface area contributed by atoms with Gasteiger partial charge in [0.1, 0.15) is 0 Å². The number of esters is 1. The molecule has 0 aromatic heterocycles. The fourth-order valence-corrected chi connectivity index (χ4v) is 6.52. The number of amides is 1. The van der Waals surface area contributed by atoms with Crippen molar-refractivity contribution in [2.75, 3.05) is 13.2 Å². The Hall–Kier alpha value is -1.66. The lowest BCUT2D eigenvalue weighted by atomic mass is 10.0. The van der Waals surface area contributed by atoms with Crippen LogP contribution in [0.5, 0.6) is 0 Å². The molecule has 0 aromatic carbocycles. The number of hydrogen-bond donors (Lipinski definition) is 3. The summed E-state index contributed by atoms with van der Waals surface area (Å²) in [6.07, 6.45) is 45.9. The third-order valence-electron chi connectivity index (χ3n) is 9.97. The molecule has 0 fully saturated rings. The van der Waals surface area contributed by atoms with E-state index in [0.717, 1.165) is 70.6 Å². The number of rotatable bonds is 40. The van der Waals surface area contributed by atoms with Gasteiger partial charge < -0.3 is 20.3 Å². The van der Waals surface area contributed by atoms with Gasteiger partial charge in [-0.1, -0.05) is 186 Å². The first-order valence-corrected chi connectivity index (χ1v) is 22.1. The molecule has 3 N–H and O–H groups in total. The molecular weight excluding hydrogens is 634 g/mol. The van der Waals surface area contributed by atoms with Crippen LogP contribution in [0, 0.1) is 0 Å². The summed E-state index contributed by atoms with van der Waals surface area (Å²) < 4.78 is 5.41. The van der Waals surface area contributed by atoms with E-state index in [1.165, 1.54) is 128 Å². The maximum absolute atomic E-state index is 12.3. The van der Waals surface area contributed by atoms with Gasteiger partial charge in [0.05, 0.1) is 25.4 Å². The number of aliphatic hydroxyl groups is 2. The Kier molecular flexibility index (Phi) is 39.8. The standard InChI is InChI=1S/C45H85NO5/c1-3-5-7-9-11-13-15-16-17-19-21-25-29-33-37-43(48)42(41-47)46-44(49)38-34-30-26-22-20-24-28-32-36-40-51-45(50)39-35-31-27-23-18-14-12-10-8-6-4-2/h22,26,33,37,42-43,47-48H,3-21,23-25,27-32,34-36,38-41H2,1-2H3,(H,46,49)/b26-22-,37-33+. The fourth-order valence-electron chi connectivity index (χ4n) is 6.52. The van der Waals surface area contributed by atoms with Crippen LogP contribution in [0.1, 0.15) is 226 Å². The molecule has 0 saturated heterocycles. The van der Waals surface area contributed by atoms with Crippen LogP contribution in [-0.2, 0) is 14.3 Å². The molecule has 0 spiro atoms. The molecule has 2 atom stereocenters. The molecule has 1 amide bonds. The van der Waals surface area contributed by atoms with Crippen molar-refractivity contribution in [2.24, 2.45) is 0 Å². The first-order valence-electron chi connectivity index (χ1n) is 22.1. The van der Waals surface area contributed by atoms with Gasteiger partial charge in [0.25, 0.3) is 0 Å². The number of ether oxygens (including phenoxy) is 1. The predicted octanol–water partition coefficient (Wildman–Crippen LogP) is 12.4. The zero-order valence-electron chi connectivity index (χ0n) is 33.8. The van der Waals surface area contributed by atoms with Gasteiger partial charge in [0, 0.05) is 12.8 Å². The number of carbonyl (C=O) groups excluding carboxylic acids is 2. The molecule has 0 aliphatic rings. The van der Waals surface area contributed by atoms with E-state index in [4.69, 9.17) is 4.74 Å². The molecule has 2 unspecified atom stereocenters. The highest BCUT2D eigenvalue weighted by Gasteiger charge is 2.17. The molecule has 6 heteroatoms. The van der Waals surface area contributed by atoms with Crippen molar-refractivity contribution in [2.45, 2.75) is 238 Å². The smallest absolute Gasteiger partial charge is 0.305 e. The average Bonchev–Trinajstić information content (AvgIpc) is 3.13. The molecule has 0 rings (SSSR count). The van der Waals surface area contributed by atoms with E-state index in [-0.39, 0.29) is 18.5 Å². The quantitative estimate of drug-likeness (QED) is 0.0333. The Morgan fingerprint density at radius 1 is 0.529 bits per heavy atom. The molecule has 0 aliphatic heterocycles. The topological polar surface area (TPSA) is 95.9 Å². The van der Waals surface area contributed by atoms with Gasteiger partial charge in [-0.2, -0.15) is 0 Å². The lowest BCUT2D eigenvalue weighted by Crippen LogP contribution is -2.45. The maximum atomic E-state index is 12.3. The number of allylic oxidation sites excluding steroid dienone is 3. The van der Waals surface area contributed by atoms with Gasteiger partial charge in [0.15, 0.2) is 0 Å². The van der Waals surface area contributed by atoms with Gasteiger partial charge in [-0.05, 0) is 51.4 Å². The van der Waals surface area contributed by atoms with Gasteiger partial charge in [-0.15, -0.1) is 0 Å². The van der Waals surface area contributed by atoms with E-state index in [1.807, 2.05) is 6.08 Å². The third-order valence-corrected chi connectivity index (χ3v) is 9.97. The molecule has 0 aromatic rings. The molecule has 51 heavy (non-hydrogen) atoms. The Morgan fingerprint density at radius 2 is 0.941 bits per heavy atom. The van der Waals surface area contributed by atoms with Gasteiger partial charge in [-0.25, -0.2) is 0 Å². The number of carbonyl (C=O) groups is 2. The number of aliphatic hydroxyl groups excluding tert-OH is 2. The van der Waals surface area contributed by atoms with Crippen LogP contribution in [0.3, 0.4) is 0 Å². The van der Waals surface area contributed by atoms with E-state index in [9.17, 15) is 19.8 Å². The number of hydrogen-bond acceptors (Lipinski definition) is 5. The second-order valence-electron chi connectivity index (χ2n) is 15.0. The minimum atomic E-state index is -0.873. The summed E-state index contributed by atoms with van der Waals surface area (Å²) in [4.78, 5) is 24.3. The highest BCUT2D eigenvalue weighted by molar-refractivity contribution is 5.76. The summed E-state index contributed by atoms with van der Waals surface area (Å²) in [6, 6.07) is -0.663. The molecule has 6 nitrogen and oxygen atoms in total. The van der Waals surface area contributed by atoms with Crippen LogP contribution in [-0.4, -0.2) is 47.4 Å². The SMILES string of the molecule is CCCCCCCCCCCCCC/C=C/C(O)C(CO)NC(=O)CCC/C=C\CCCCCCOC(=O)CCCCCCCCCCCCC. The largest absolute Gasteiger partial charge is 0.466 e. The average molecular weight is 720 g/mol. The van der Waals surface area contributed by atoms with Crippen molar-refractivity contribution in [1.29, 1.82) is 0 Å². The molecular formula is C45H85NO5. The Balaban J connectivity index is 3.62. The molecule has 0 bridgehead atoms. The third kappa shape index (κ3) is 37.9. The van der Waals surface area contributed by atoms with Crippen LogP contribution in [0.2, 0.25) is 0 Å². The van der Waals surface area contributed by atoms with Crippen molar-refractivity contribution in [1.82, 2.24) is 5.32 Å². The van der Waals surface area contributed by atoms with E-state index in [1.54, 1.807) is 6.08 Å². The predicted molar refractivity (Wildman–Crippen MR) is 218 cm³/mol. The minimum absolute atomic E-state index is 0.0392. The van der Waals surface area contributed by atoms with E-state index >= 15 is 0 Å². The van der Waals surface area contributed by atoms with Gasteiger partial charge in [0.2, 0.25) is 5.91 Å². The van der Waals surface area contributed by atoms with Crippen molar-refractivity contribution in [3.63, 3.8) is 0 Å². The van der Waals surface area contributed by atoms with Gasteiger partial charge in [-0.3, -0.25) is 9.59 Å². The van der Waals surface area contributed by atoms with Crippen LogP contribution in [0.4, 0.5) is 0 Å². The monoisotopic (exact) mass is 720 g/mol. The number of unbranched alkanes of at least 4 members (excludes halogenated alkanes) is 27. The second kappa shape index (κ2) is 41.1. The van der Waals surface area contributed by atoms with Crippen LogP contribution in [0.15, 0.2) is 24.3 Å². The lowest BCUT2D eigenvalue weighted by Gasteiger charge is -2.19. The fraction of sp³-hybridized carbons (Fsp3) is 0.867. The van der Waals surface area contributed by atoms with Crippen LogP contribution >= 0.6 is 0 Å². The maximum Gasteiger partial charge on any atom is 0.305 e. The molecule has 0 heterocycles. The Bertz CT molecular complexity index is 797. The van der Waals surface area contributed by atoms with Crippen molar-refractivity contribution in [3.05, 3.63) is 24.3 Å². The summed E-state index contributed by atoms with van der Waals surface area (Å²) in [5.74, 6) is -0.169. The summed E-state index contributed by atoms with van der Waals surface area (Å²) >= 11 is 0. The molecule has 0 aliphatic carbocycles. The zero-order chi connectivity index (χ0) is 37.3. The van der Waals surface area contributed by atoms with Crippen LogP contribution in [0.25, 0.3) is 0 Å². The highest BCUT2D eigenvalue weighted by atomic mass is 16.5. The summed E-state index contributed by atoms with van der Waals surface area (Å²) in [5.41, 5.74) is 0. The Morgan fingerprint density at radius 3 is 1.43 bits per heavy atom. The molecule has 0 radical (unpaired) electrons. The normalized spacial score (nSPS) is 12.9. The summed E-state index contributed by atoms with van der Waals surface area (Å²) in [6.45, 7) is 4.79. The van der Waals surface area contributed by atoms with Crippen molar-refractivity contribution >= 4 is 11.9 Å². The summed E-state index contributed by atoms with van der Waals surface area (Å²) in [5, 5.41) is 22.9.